The minimum Gasteiger partial charge on any atom is -0.508 e. The number of oxazole rings is 1. The Bertz CT molecular complexity index is 2640. The van der Waals surface area contributed by atoms with Crippen LogP contribution in [-0.2, 0) is 26.0 Å². The lowest BCUT2D eigenvalue weighted by molar-refractivity contribution is -0.144. The van der Waals surface area contributed by atoms with Gasteiger partial charge in [0.25, 0.3) is 5.56 Å². The Balaban J connectivity index is 1.19. The summed E-state index contributed by atoms with van der Waals surface area (Å²) in [5.74, 6) is 2.56. The van der Waals surface area contributed by atoms with Crippen LogP contribution in [0.15, 0.2) is 111 Å². The van der Waals surface area contributed by atoms with Crippen molar-refractivity contribution in [2.24, 2.45) is 23.2 Å². The summed E-state index contributed by atoms with van der Waals surface area (Å²) in [4.78, 5) is 51.5. The zero-order valence-corrected chi connectivity index (χ0v) is 38.6. The second-order valence-corrected chi connectivity index (χ2v) is 24.9. The molecule has 4 aliphatic carbocycles. The average molecular weight is 872 g/mol. The van der Waals surface area contributed by atoms with Gasteiger partial charge < -0.3 is 18.3 Å². The van der Waals surface area contributed by atoms with Crippen molar-refractivity contribution in [1.82, 2.24) is 14.1 Å². The van der Waals surface area contributed by atoms with E-state index in [-0.39, 0.29) is 12.0 Å². The van der Waals surface area contributed by atoms with Gasteiger partial charge in [-0.25, -0.2) is 14.3 Å². The fourth-order valence-corrected chi connectivity index (χ4v) is 17.3. The van der Waals surface area contributed by atoms with Gasteiger partial charge in [-0.2, -0.15) is 0 Å². The lowest BCUT2D eigenvalue weighted by Gasteiger charge is -2.56. The predicted molar refractivity (Wildman–Crippen MR) is 246 cm³/mol. The molecule has 4 bridgehead atoms. The zero-order valence-electron chi connectivity index (χ0n) is 36.8. The smallest absolute Gasteiger partial charge is 0.333 e. The number of fused-ring (bicyclic) bond motifs is 1. The van der Waals surface area contributed by atoms with Crippen molar-refractivity contribution in [2.45, 2.75) is 103 Å². The minimum atomic E-state index is -3.45. The molecule has 0 saturated heterocycles. The summed E-state index contributed by atoms with van der Waals surface area (Å²) in [6.07, 6.45) is 9.89. The molecule has 10 rings (SSSR count). The lowest BCUT2D eigenvalue weighted by atomic mass is 9.50. The van der Waals surface area contributed by atoms with Gasteiger partial charge in [0.1, 0.15) is 28.5 Å². The maximum Gasteiger partial charge on any atom is 0.333 e. The molecule has 62 heavy (non-hydrogen) atoms. The summed E-state index contributed by atoms with van der Waals surface area (Å²) in [6, 6.07) is 27.5. The normalized spacial score (nSPS) is 21.6. The van der Waals surface area contributed by atoms with Crippen molar-refractivity contribution >= 4 is 46.2 Å². The van der Waals surface area contributed by atoms with E-state index in [9.17, 15) is 0 Å². The van der Waals surface area contributed by atoms with E-state index in [2.05, 4.69) is 25.8 Å². The van der Waals surface area contributed by atoms with E-state index in [1.807, 2.05) is 91.9 Å². The monoisotopic (exact) mass is 871 g/mol. The van der Waals surface area contributed by atoms with Crippen molar-refractivity contribution in [3.05, 3.63) is 129 Å². The highest BCUT2D eigenvalue weighted by Gasteiger charge is 2.55. The number of aromatic nitrogens is 3. The van der Waals surface area contributed by atoms with Crippen LogP contribution >= 0.6 is 11.3 Å². The Kier molecular flexibility index (Phi) is 10.9. The maximum absolute atomic E-state index is 15.5. The van der Waals surface area contributed by atoms with Crippen molar-refractivity contribution in [2.75, 3.05) is 13.7 Å². The van der Waals surface area contributed by atoms with Gasteiger partial charge in [0.05, 0.1) is 36.7 Å². The lowest BCUT2D eigenvalue weighted by Crippen LogP contribution is -2.69. The van der Waals surface area contributed by atoms with Crippen molar-refractivity contribution < 1.29 is 23.1 Å². The summed E-state index contributed by atoms with van der Waals surface area (Å²) in [6.45, 7) is 12.0. The third-order valence-electron chi connectivity index (χ3n) is 14.2. The molecule has 6 aromatic rings. The number of rotatable bonds is 13. The second-order valence-electron chi connectivity index (χ2n) is 19.7. The van der Waals surface area contributed by atoms with Crippen LogP contribution < -0.4 is 26.4 Å². The molecular formula is C50H57N3O7SSi. The number of ether oxygens (including phenoxy) is 2. The Morgan fingerprint density at radius 2 is 1.47 bits per heavy atom. The highest BCUT2D eigenvalue weighted by Crippen LogP contribution is 2.60. The number of carbonyl (C=O) groups is 1. The maximum atomic E-state index is 15.5. The molecule has 0 aliphatic heterocycles. The van der Waals surface area contributed by atoms with Crippen molar-refractivity contribution in [1.29, 1.82) is 0 Å². The summed E-state index contributed by atoms with van der Waals surface area (Å²) in [5.41, 5.74) is -1.46. The van der Waals surface area contributed by atoms with E-state index in [1.165, 1.54) is 56.1 Å². The van der Waals surface area contributed by atoms with Crippen LogP contribution in [0.3, 0.4) is 0 Å². The fourth-order valence-electron chi connectivity index (χ4n) is 11.6. The van der Waals surface area contributed by atoms with E-state index in [1.54, 1.807) is 31.7 Å². The molecule has 1 atom stereocenters. The molecule has 3 heterocycles. The van der Waals surface area contributed by atoms with Gasteiger partial charge in [0, 0.05) is 5.56 Å². The number of methoxy groups -OCH3 is 1. The van der Waals surface area contributed by atoms with E-state index in [4.69, 9.17) is 18.3 Å². The summed E-state index contributed by atoms with van der Waals surface area (Å²) < 4.78 is 28.6. The van der Waals surface area contributed by atoms with E-state index < -0.39 is 42.2 Å². The fraction of sp³-hybridized carbons (Fsp3) is 0.440. The van der Waals surface area contributed by atoms with E-state index in [0.717, 1.165) is 38.3 Å². The van der Waals surface area contributed by atoms with Gasteiger partial charge in [-0.3, -0.25) is 14.2 Å². The predicted octanol–water partition coefficient (Wildman–Crippen LogP) is 9.01. The van der Waals surface area contributed by atoms with Crippen LogP contribution in [0.25, 0.3) is 21.0 Å². The SMILES string of the molecule is COc1ccccc1C(Cn1c(=O)n(C(C)(C)C(=O)O[Si](c2ccccc2)(c2ccccc2)C(C)(C)C)c(=O)c2c(C)c(-c3ncco3)sc21)OCC12CC3CC(CC(C3)C1)C2. The topological polar surface area (TPSA) is 115 Å². The van der Waals surface area contributed by atoms with Crippen molar-refractivity contribution in [3.63, 3.8) is 0 Å². The van der Waals surface area contributed by atoms with Gasteiger partial charge in [-0.1, -0.05) is 99.6 Å². The summed E-state index contributed by atoms with van der Waals surface area (Å²) >= 11 is 1.28. The number of aryl methyl sites for hydroxylation is 1. The molecule has 12 heteroatoms. The Morgan fingerprint density at radius 1 is 0.887 bits per heavy atom. The van der Waals surface area contributed by atoms with Gasteiger partial charge in [0.15, 0.2) is 0 Å². The third kappa shape index (κ3) is 7.12. The number of hydrogen-bond donors (Lipinski definition) is 0. The Morgan fingerprint density at radius 3 is 2.02 bits per heavy atom. The van der Waals surface area contributed by atoms with Crippen LogP contribution in [0, 0.1) is 30.1 Å². The quantitative estimate of drug-likeness (QED) is 0.106. The minimum absolute atomic E-state index is 0.0627. The number of carbonyl (C=O) groups excluding carboxylic acids is 1. The van der Waals surface area contributed by atoms with Crippen LogP contribution in [0.2, 0.25) is 5.04 Å². The molecular weight excluding hydrogens is 815 g/mol. The molecule has 1 unspecified atom stereocenters. The molecule has 0 N–H and O–H groups in total. The van der Waals surface area contributed by atoms with Crippen LogP contribution in [0.1, 0.15) is 90.4 Å². The highest BCUT2D eigenvalue weighted by atomic mass is 32.1. The van der Waals surface area contributed by atoms with E-state index in [0.29, 0.717) is 38.9 Å². The first kappa shape index (κ1) is 42.3. The van der Waals surface area contributed by atoms with Gasteiger partial charge in [-0.05, 0) is 110 Å². The first-order valence-electron chi connectivity index (χ1n) is 21.9. The molecule has 0 spiro atoms. The molecule has 4 saturated carbocycles. The summed E-state index contributed by atoms with van der Waals surface area (Å²) in [7, 11) is -1.80. The van der Waals surface area contributed by atoms with Crippen LogP contribution in [0.5, 0.6) is 5.75 Å². The first-order chi connectivity index (χ1) is 29.7. The third-order valence-corrected chi connectivity index (χ3v) is 20.3. The molecule has 4 aliphatic rings. The molecule has 3 aromatic heterocycles. The number of nitrogens with zero attached hydrogens (tertiary/aromatic N) is 3. The molecule has 0 radical (unpaired) electrons. The number of hydrogen-bond acceptors (Lipinski definition) is 9. The Labute approximate surface area is 368 Å². The second kappa shape index (κ2) is 15.9. The highest BCUT2D eigenvalue weighted by molar-refractivity contribution is 7.22. The summed E-state index contributed by atoms with van der Waals surface area (Å²) in [5, 5.41) is 1.59. The Hall–Kier alpha value is -5.04. The molecule has 3 aromatic carbocycles. The van der Waals surface area contributed by atoms with Crippen LogP contribution in [-0.4, -0.2) is 42.1 Å². The number of benzene rings is 3. The van der Waals surface area contributed by atoms with Gasteiger partial charge in [-0.15, -0.1) is 11.3 Å². The van der Waals surface area contributed by atoms with Crippen LogP contribution in [0.4, 0.5) is 0 Å². The van der Waals surface area contributed by atoms with Gasteiger partial charge >= 0.3 is 20.0 Å². The molecule has 4 fully saturated rings. The first-order valence-corrected chi connectivity index (χ1v) is 24.7. The van der Waals surface area contributed by atoms with Crippen molar-refractivity contribution in [3.8, 4) is 16.5 Å². The molecule has 324 valence electrons. The standard InChI is InChI=1S/C50H57N3O7SSi/c1-32-41-44(54)53(49(5,6)46(55)60-62(48(2,3)4,36-16-10-8-11-17-36)37-18-12-9-13-19-37)47(56)52(45(41)61-42(32)43-51-22-23-58-43)30-40(38-20-14-15-21-39(38)57-7)59-31-50-27-33-24-34(28-50)26-35(25-33)29-50/h8-23,33-35,40H,24-31H2,1-7H3. The zero-order chi connectivity index (χ0) is 43.6. The average Bonchev–Trinajstić information content (AvgIpc) is 3.90. The number of thiophene rings is 1. The van der Waals surface area contributed by atoms with Gasteiger partial charge in [0.2, 0.25) is 5.89 Å². The largest absolute Gasteiger partial charge is 0.508 e. The number of para-hydroxylation sites is 1. The van der Waals surface area contributed by atoms with E-state index >= 15 is 14.4 Å². The molecule has 10 nitrogen and oxygen atoms in total. The molecule has 0 amide bonds.